The molecule has 1 aliphatic heterocycles. The molecule has 1 saturated heterocycles. The molecule has 0 radical (unpaired) electrons. The van der Waals surface area contributed by atoms with Gasteiger partial charge in [-0.15, -0.1) is 11.3 Å². The number of hydrogen-bond donors (Lipinski definition) is 1. The summed E-state index contributed by atoms with van der Waals surface area (Å²) in [5.74, 6) is -2.14. The molecule has 2 heterocycles. The van der Waals surface area contributed by atoms with Crippen molar-refractivity contribution < 1.29 is 19.2 Å². The molecule has 1 fully saturated rings. The molecule has 1 N–H and O–H groups in total. The molecule has 1 aliphatic rings. The van der Waals surface area contributed by atoms with E-state index in [9.17, 15) is 19.2 Å². The van der Waals surface area contributed by atoms with Gasteiger partial charge in [0, 0.05) is 15.5 Å². The van der Waals surface area contributed by atoms with Crippen LogP contribution < -0.4 is 10.3 Å². The molecule has 9 heteroatoms. The number of amides is 4. The van der Waals surface area contributed by atoms with Gasteiger partial charge in [0.2, 0.25) is 11.8 Å². The highest BCUT2D eigenvalue weighted by Crippen LogP contribution is 2.28. The van der Waals surface area contributed by atoms with Crippen LogP contribution >= 0.6 is 22.9 Å². The molecule has 1 atom stereocenters. The summed E-state index contributed by atoms with van der Waals surface area (Å²) in [6.07, 6.45) is -0.216. The summed E-state index contributed by atoms with van der Waals surface area (Å²) in [4.78, 5) is 53.7. The molecule has 0 spiro atoms. The first-order chi connectivity index (χ1) is 15.4. The molecule has 1 aromatic heterocycles. The van der Waals surface area contributed by atoms with Gasteiger partial charge < -0.3 is 0 Å². The Bertz CT molecular complexity index is 1170. The average molecular weight is 468 g/mol. The zero-order valence-corrected chi connectivity index (χ0v) is 18.3. The molecule has 32 heavy (non-hydrogen) atoms. The number of nitrogens with zero attached hydrogens (tertiary/aromatic N) is 2. The van der Waals surface area contributed by atoms with Crippen LogP contribution in [0.25, 0.3) is 0 Å². The molecular formula is C23H18ClN3O4S. The van der Waals surface area contributed by atoms with Crippen LogP contribution in [0.2, 0.25) is 5.02 Å². The van der Waals surface area contributed by atoms with Crippen molar-refractivity contribution in [3.63, 3.8) is 0 Å². The zero-order chi connectivity index (χ0) is 22.7. The molecule has 0 bridgehead atoms. The minimum absolute atomic E-state index is 0.0447. The minimum Gasteiger partial charge on any atom is -0.274 e. The molecule has 162 valence electrons. The summed E-state index contributed by atoms with van der Waals surface area (Å²) in [5, 5.41) is 3.18. The van der Waals surface area contributed by atoms with Crippen LogP contribution in [0.5, 0.6) is 0 Å². The van der Waals surface area contributed by atoms with Crippen LogP contribution in [-0.4, -0.2) is 34.7 Å². The summed E-state index contributed by atoms with van der Waals surface area (Å²) in [6, 6.07) is 17.1. The first kappa shape index (κ1) is 21.7. The predicted molar refractivity (Wildman–Crippen MR) is 121 cm³/mol. The van der Waals surface area contributed by atoms with Gasteiger partial charge in [-0.05, 0) is 41.8 Å². The number of benzene rings is 2. The van der Waals surface area contributed by atoms with Crippen molar-refractivity contribution >= 4 is 52.3 Å². The summed E-state index contributed by atoms with van der Waals surface area (Å²) >= 11 is 7.42. The van der Waals surface area contributed by atoms with E-state index in [0.717, 1.165) is 14.8 Å². The van der Waals surface area contributed by atoms with Crippen molar-refractivity contribution in [2.45, 2.75) is 18.9 Å². The molecule has 0 saturated carbocycles. The number of halogens is 1. The minimum atomic E-state index is -1.18. The molecule has 4 amide bonds. The molecule has 3 aromatic rings. The smallest absolute Gasteiger partial charge is 0.273 e. The van der Waals surface area contributed by atoms with Crippen molar-refractivity contribution in [1.82, 2.24) is 10.4 Å². The maximum absolute atomic E-state index is 13.2. The number of nitrogens with one attached hydrogen (secondary N) is 1. The second kappa shape index (κ2) is 9.33. The second-order valence-corrected chi connectivity index (χ2v) is 8.57. The van der Waals surface area contributed by atoms with Gasteiger partial charge in [-0.3, -0.25) is 24.6 Å². The first-order valence-corrected chi connectivity index (χ1v) is 11.0. The molecule has 4 rings (SSSR count). The SMILES string of the molecule is O=C(Cc1cccs1)NN(C(=O)c1ccccc1)C1CC(=O)N(c2cccc(Cl)c2)C1=O. The van der Waals surface area contributed by atoms with Gasteiger partial charge in [0.05, 0.1) is 18.5 Å². The fourth-order valence-corrected chi connectivity index (χ4v) is 4.33. The van der Waals surface area contributed by atoms with Gasteiger partial charge in [-0.2, -0.15) is 0 Å². The number of carbonyl (C=O) groups is 4. The largest absolute Gasteiger partial charge is 0.274 e. The lowest BCUT2D eigenvalue weighted by atomic mass is 10.1. The Labute approximate surface area is 193 Å². The summed E-state index contributed by atoms with van der Waals surface area (Å²) < 4.78 is 0. The molecule has 0 aliphatic carbocycles. The Balaban J connectivity index is 1.63. The summed E-state index contributed by atoms with van der Waals surface area (Å²) in [5.41, 5.74) is 3.15. The van der Waals surface area contributed by atoms with Crippen LogP contribution in [-0.2, 0) is 20.8 Å². The van der Waals surface area contributed by atoms with Crippen molar-refractivity contribution in [3.05, 3.63) is 87.6 Å². The van der Waals surface area contributed by atoms with Crippen molar-refractivity contribution in [2.24, 2.45) is 0 Å². The van der Waals surface area contributed by atoms with Gasteiger partial charge in [0.25, 0.3) is 11.8 Å². The number of rotatable bonds is 5. The van der Waals surface area contributed by atoms with E-state index in [-0.39, 0.29) is 18.4 Å². The lowest BCUT2D eigenvalue weighted by Crippen LogP contribution is -2.55. The van der Waals surface area contributed by atoms with Gasteiger partial charge in [-0.1, -0.05) is 41.9 Å². The summed E-state index contributed by atoms with van der Waals surface area (Å²) in [6.45, 7) is 0. The van der Waals surface area contributed by atoms with E-state index < -0.39 is 29.7 Å². The van der Waals surface area contributed by atoms with Crippen LogP contribution in [0.3, 0.4) is 0 Å². The Morgan fingerprint density at radius 3 is 2.53 bits per heavy atom. The zero-order valence-electron chi connectivity index (χ0n) is 16.7. The quantitative estimate of drug-likeness (QED) is 0.460. The van der Waals surface area contributed by atoms with Crippen molar-refractivity contribution in [2.75, 3.05) is 4.90 Å². The van der Waals surface area contributed by atoms with Gasteiger partial charge >= 0.3 is 0 Å². The lowest BCUT2D eigenvalue weighted by molar-refractivity contribution is -0.128. The molecule has 1 unspecified atom stereocenters. The topological polar surface area (TPSA) is 86.8 Å². The third-order valence-electron chi connectivity index (χ3n) is 4.90. The van der Waals surface area contributed by atoms with Crippen molar-refractivity contribution in [1.29, 1.82) is 0 Å². The maximum Gasteiger partial charge on any atom is 0.273 e. The standard InChI is InChI=1S/C23H18ClN3O4S/c24-16-8-4-9-17(12-16)26-21(29)14-19(23(26)31)27(22(30)15-6-2-1-3-7-15)25-20(28)13-18-10-5-11-32-18/h1-12,19H,13-14H2,(H,25,28). The second-order valence-electron chi connectivity index (χ2n) is 7.10. The van der Waals surface area contributed by atoms with E-state index in [1.165, 1.54) is 17.4 Å². The van der Waals surface area contributed by atoms with Crippen LogP contribution in [0.1, 0.15) is 21.7 Å². The van der Waals surface area contributed by atoms with Gasteiger partial charge in [-0.25, -0.2) is 9.91 Å². The highest BCUT2D eigenvalue weighted by atomic mass is 35.5. The third kappa shape index (κ3) is 4.56. The van der Waals surface area contributed by atoms with E-state index in [0.29, 0.717) is 10.7 Å². The normalized spacial score (nSPS) is 15.7. The Hall–Kier alpha value is -3.49. The third-order valence-corrected chi connectivity index (χ3v) is 6.01. The molecule has 7 nitrogen and oxygen atoms in total. The van der Waals surface area contributed by atoms with Crippen LogP contribution in [0.4, 0.5) is 5.69 Å². The fourth-order valence-electron chi connectivity index (χ4n) is 3.44. The molecule has 2 aromatic carbocycles. The number of imide groups is 1. The Morgan fingerprint density at radius 2 is 1.84 bits per heavy atom. The number of thiophene rings is 1. The van der Waals surface area contributed by atoms with Crippen molar-refractivity contribution in [3.8, 4) is 0 Å². The predicted octanol–water partition coefficient (Wildman–Crippen LogP) is 3.45. The van der Waals surface area contributed by atoms with E-state index in [1.54, 1.807) is 54.6 Å². The lowest BCUT2D eigenvalue weighted by Gasteiger charge is -2.28. The number of anilines is 1. The van der Waals surface area contributed by atoms with Gasteiger partial charge in [0.1, 0.15) is 6.04 Å². The van der Waals surface area contributed by atoms with E-state index >= 15 is 0 Å². The van der Waals surface area contributed by atoms with Gasteiger partial charge in [0.15, 0.2) is 0 Å². The fraction of sp³-hybridized carbons (Fsp3) is 0.130. The monoisotopic (exact) mass is 467 g/mol. The Morgan fingerprint density at radius 1 is 1.06 bits per heavy atom. The van der Waals surface area contributed by atoms with Crippen LogP contribution in [0.15, 0.2) is 72.1 Å². The average Bonchev–Trinajstić information content (AvgIpc) is 3.39. The van der Waals surface area contributed by atoms with E-state index in [2.05, 4.69) is 5.43 Å². The van der Waals surface area contributed by atoms with Crippen LogP contribution in [0, 0.1) is 0 Å². The number of carbonyl (C=O) groups excluding carboxylic acids is 4. The molecular weight excluding hydrogens is 450 g/mol. The van der Waals surface area contributed by atoms with E-state index in [1.807, 2.05) is 11.4 Å². The number of hydrogen-bond acceptors (Lipinski definition) is 5. The summed E-state index contributed by atoms with van der Waals surface area (Å²) in [7, 11) is 0. The van der Waals surface area contributed by atoms with E-state index in [4.69, 9.17) is 11.6 Å². The maximum atomic E-state index is 13.2. The Kier molecular flexibility index (Phi) is 6.34. The highest BCUT2D eigenvalue weighted by Gasteiger charge is 2.45. The first-order valence-electron chi connectivity index (χ1n) is 9.77. The highest BCUT2D eigenvalue weighted by molar-refractivity contribution is 7.10. The number of hydrazine groups is 1.